The lowest BCUT2D eigenvalue weighted by atomic mass is 10.2. The van der Waals surface area contributed by atoms with Gasteiger partial charge >= 0.3 is 0 Å². The molecule has 4 nitrogen and oxygen atoms in total. The molecule has 1 fully saturated rings. The van der Waals surface area contributed by atoms with E-state index < -0.39 is 0 Å². The Morgan fingerprint density at radius 1 is 1.61 bits per heavy atom. The number of nitrogens with one attached hydrogen (secondary N) is 2. The summed E-state index contributed by atoms with van der Waals surface area (Å²) in [6.45, 7) is 0.704. The van der Waals surface area contributed by atoms with Crippen LogP contribution in [-0.4, -0.2) is 31.7 Å². The fourth-order valence-corrected chi connectivity index (χ4v) is 2.31. The minimum Gasteiger partial charge on any atom is -0.380 e. The van der Waals surface area contributed by atoms with Gasteiger partial charge in [-0.1, -0.05) is 11.6 Å². The Kier molecular flexibility index (Phi) is 4.61. The summed E-state index contributed by atoms with van der Waals surface area (Å²) in [6, 6.07) is 5.11. The Hall–Kier alpha value is -0.620. The summed E-state index contributed by atoms with van der Waals surface area (Å²) in [5, 5.41) is 6.53. The highest BCUT2D eigenvalue weighted by Gasteiger charge is 2.29. The van der Waals surface area contributed by atoms with Crippen molar-refractivity contribution in [3.8, 4) is 0 Å². The quantitative estimate of drug-likeness (QED) is 0.893. The van der Waals surface area contributed by atoms with Crippen LogP contribution < -0.4 is 10.6 Å². The molecule has 1 amide bonds. The molecule has 0 bridgehead atoms. The van der Waals surface area contributed by atoms with Gasteiger partial charge in [-0.25, -0.2) is 0 Å². The van der Waals surface area contributed by atoms with E-state index in [1.165, 1.54) is 0 Å². The molecule has 0 aliphatic carbocycles. The molecule has 98 valence electrons. The molecule has 1 aliphatic heterocycles. The molecule has 2 rings (SSSR count). The number of anilines is 1. The van der Waals surface area contributed by atoms with Gasteiger partial charge in [0.15, 0.2) is 0 Å². The van der Waals surface area contributed by atoms with E-state index in [1.54, 1.807) is 25.3 Å². The average Bonchev–Trinajstić information content (AvgIpc) is 2.82. The van der Waals surface area contributed by atoms with Gasteiger partial charge in [0, 0.05) is 23.8 Å². The zero-order valence-electron chi connectivity index (χ0n) is 9.87. The summed E-state index contributed by atoms with van der Waals surface area (Å²) in [7, 11) is 1.65. The third-order valence-electron chi connectivity index (χ3n) is 2.93. The normalized spacial score (nSPS) is 23.1. The summed E-state index contributed by atoms with van der Waals surface area (Å²) in [6.07, 6.45) is 0.793. The lowest BCUT2D eigenvalue weighted by Crippen LogP contribution is -2.35. The van der Waals surface area contributed by atoms with E-state index in [2.05, 4.69) is 26.6 Å². The van der Waals surface area contributed by atoms with Crippen LogP contribution in [0, 0.1) is 0 Å². The van der Waals surface area contributed by atoms with E-state index in [4.69, 9.17) is 16.3 Å². The first-order valence-corrected chi connectivity index (χ1v) is 6.79. The molecule has 1 saturated heterocycles. The van der Waals surface area contributed by atoms with Crippen molar-refractivity contribution < 1.29 is 9.53 Å². The van der Waals surface area contributed by atoms with E-state index in [0.29, 0.717) is 23.7 Å². The Bertz CT molecular complexity index is 456. The Morgan fingerprint density at radius 3 is 3.00 bits per heavy atom. The number of carbonyl (C=O) groups is 1. The topological polar surface area (TPSA) is 50.4 Å². The Balaban J connectivity index is 1.97. The number of carbonyl (C=O) groups excluding carboxylic acids is 1. The summed E-state index contributed by atoms with van der Waals surface area (Å²) in [5.74, 6) is -0.0621. The molecule has 6 heteroatoms. The number of rotatable bonds is 3. The van der Waals surface area contributed by atoms with Crippen molar-refractivity contribution in [3.63, 3.8) is 0 Å². The van der Waals surface area contributed by atoms with Crippen molar-refractivity contribution in [2.45, 2.75) is 18.6 Å². The molecule has 1 aromatic rings. The number of halogens is 2. The van der Waals surface area contributed by atoms with E-state index in [-0.39, 0.29) is 18.1 Å². The second-order valence-corrected chi connectivity index (χ2v) is 5.43. The predicted molar refractivity (Wildman–Crippen MR) is 75.0 cm³/mol. The Labute approximate surface area is 119 Å². The maximum absolute atomic E-state index is 12.0. The fourth-order valence-electron chi connectivity index (χ4n) is 1.89. The number of hydrogen-bond donors (Lipinski definition) is 2. The van der Waals surface area contributed by atoms with Crippen molar-refractivity contribution >= 4 is 39.1 Å². The molecule has 0 spiro atoms. The van der Waals surface area contributed by atoms with Crippen LogP contribution in [0.2, 0.25) is 5.02 Å². The first-order valence-electron chi connectivity index (χ1n) is 5.62. The maximum Gasteiger partial charge on any atom is 0.241 e. The molecule has 2 atom stereocenters. The SMILES string of the molecule is COC1CNC(C(=O)Nc2ccc(Br)c(Cl)c2)C1. The predicted octanol–water partition coefficient (Wildman–Crippen LogP) is 2.42. The minimum absolute atomic E-state index is 0.0621. The summed E-state index contributed by atoms with van der Waals surface area (Å²) < 4.78 is 6.01. The minimum atomic E-state index is -0.211. The van der Waals surface area contributed by atoms with Gasteiger partial charge in [0.2, 0.25) is 5.91 Å². The Morgan fingerprint density at radius 2 is 2.39 bits per heavy atom. The molecule has 18 heavy (non-hydrogen) atoms. The average molecular weight is 334 g/mol. The number of amides is 1. The molecule has 0 radical (unpaired) electrons. The van der Waals surface area contributed by atoms with Gasteiger partial charge in [-0.15, -0.1) is 0 Å². The lowest BCUT2D eigenvalue weighted by Gasteiger charge is -2.11. The molecular weight excluding hydrogens is 320 g/mol. The molecule has 1 aromatic carbocycles. The van der Waals surface area contributed by atoms with E-state index >= 15 is 0 Å². The van der Waals surface area contributed by atoms with Crippen molar-refractivity contribution in [2.24, 2.45) is 0 Å². The summed E-state index contributed by atoms with van der Waals surface area (Å²) in [4.78, 5) is 12.0. The highest BCUT2D eigenvalue weighted by atomic mass is 79.9. The van der Waals surface area contributed by atoms with Crippen molar-refractivity contribution in [3.05, 3.63) is 27.7 Å². The monoisotopic (exact) mass is 332 g/mol. The largest absolute Gasteiger partial charge is 0.380 e. The van der Waals surface area contributed by atoms with E-state index in [9.17, 15) is 4.79 Å². The lowest BCUT2D eigenvalue weighted by molar-refractivity contribution is -0.118. The van der Waals surface area contributed by atoms with Gasteiger partial charge in [0.25, 0.3) is 0 Å². The first-order chi connectivity index (χ1) is 8.60. The van der Waals surface area contributed by atoms with Gasteiger partial charge in [-0.05, 0) is 40.5 Å². The smallest absolute Gasteiger partial charge is 0.241 e. The number of benzene rings is 1. The van der Waals surface area contributed by atoms with Crippen LogP contribution in [0.25, 0.3) is 0 Å². The molecule has 0 saturated carbocycles. The fraction of sp³-hybridized carbons (Fsp3) is 0.417. The van der Waals surface area contributed by atoms with Gasteiger partial charge < -0.3 is 15.4 Å². The van der Waals surface area contributed by atoms with Crippen LogP contribution in [0.15, 0.2) is 22.7 Å². The van der Waals surface area contributed by atoms with Gasteiger partial charge in [-0.2, -0.15) is 0 Å². The van der Waals surface area contributed by atoms with Crippen LogP contribution in [0.3, 0.4) is 0 Å². The molecule has 2 unspecified atom stereocenters. The molecule has 1 aliphatic rings. The number of hydrogen-bond acceptors (Lipinski definition) is 3. The zero-order chi connectivity index (χ0) is 13.1. The van der Waals surface area contributed by atoms with Crippen molar-refractivity contribution in [2.75, 3.05) is 19.0 Å². The third kappa shape index (κ3) is 3.23. The first kappa shape index (κ1) is 13.8. The van der Waals surface area contributed by atoms with Crippen LogP contribution in [-0.2, 0) is 9.53 Å². The summed E-state index contributed by atoms with van der Waals surface area (Å²) in [5.41, 5.74) is 0.691. The highest BCUT2D eigenvalue weighted by Crippen LogP contribution is 2.25. The standard InChI is InChI=1S/C12H14BrClN2O2/c1-18-8-5-11(15-6-8)12(17)16-7-2-3-9(13)10(14)4-7/h2-4,8,11,15H,5-6H2,1H3,(H,16,17). The second-order valence-electron chi connectivity index (χ2n) is 4.17. The summed E-state index contributed by atoms with van der Waals surface area (Å²) >= 11 is 9.27. The molecular formula is C12H14BrClN2O2. The van der Waals surface area contributed by atoms with Gasteiger partial charge in [-0.3, -0.25) is 4.79 Å². The zero-order valence-corrected chi connectivity index (χ0v) is 12.2. The van der Waals surface area contributed by atoms with Crippen molar-refractivity contribution in [1.29, 1.82) is 0 Å². The highest BCUT2D eigenvalue weighted by molar-refractivity contribution is 9.10. The molecule has 0 aromatic heterocycles. The van der Waals surface area contributed by atoms with E-state index in [1.807, 2.05) is 0 Å². The van der Waals surface area contributed by atoms with Gasteiger partial charge in [0.05, 0.1) is 17.2 Å². The van der Waals surface area contributed by atoms with Crippen molar-refractivity contribution in [1.82, 2.24) is 5.32 Å². The van der Waals surface area contributed by atoms with Gasteiger partial charge in [0.1, 0.15) is 0 Å². The van der Waals surface area contributed by atoms with Crippen LogP contribution in [0.1, 0.15) is 6.42 Å². The van der Waals surface area contributed by atoms with Crippen LogP contribution in [0.4, 0.5) is 5.69 Å². The molecule has 1 heterocycles. The molecule has 2 N–H and O–H groups in total. The third-order valence-corrected chi connectivity index (χ3v) is 4.16. The van der Waals surface area contributed by atoms with E-state index in [0.717, 1.165) is 4.47 Å². The number of ether oxygens (including phenoxy) is 1. The van der Waals surface area contributed by atoms with Crippen LogP contribution >= 0.6 is 27.5 Å². The van der Waals surface area contributed by atoms with Crippen LogP contribution in [0.5, 0.6) is 0 Å². The number of methoxy groups -OCH3 is 1. The second kappa shape index (κ2) is 6.02. The maximum atomic E-state index is 12.0.